The molecule has 0 aliphatic heterocycles. The number of benzene rings is 2. The van der Waals surface area contributed by atoms with E-state index in [-0.39, 0.29) is 27.6 Å². The van der Waals surface area contributed by atoms with Crippen molar-refractivity contribution in [3.8, 4) is 5.75 Å². The Kier molecular flexibility index (Phi) is 4.09. The summed E-state index contributed by atoms with van der Waals surface area (Å²) in [6.07, 6.45) is 0. The third-order valence-corrected chi connectivity index (χ3v) is 2.90. The zero-order valence-corrected chi connectivity index (χ0v) is 11.2. The van der Waals surface area contributed by atoms with Gasteiger partial charge in [-0.15, -0.1) is 0 Å². The van der Waals surface area contributed by atoms with Crippen molar-refractivity contribution in [3.05, 3.63) is 58.4 Å². The minimum absolute atomic E-state index is 0.111. The van der Waals surface area contributed by atoms with E-state index in [1.165, 1.54) is 18.2 Å². The lowest BCUT2D eigenvalue weighted by molar-refractivity contribution is 0.0698. The van der Waals surface area contributed by atoms with Crippen molar-refractivity contribution >= 4 is 29.2 Å². The Morgan fingerprint density at radius 3 is 2.38 bits per heavy atom. The summed E-state index contributed by atoms with van der Waals surface area (Å²) in [4.78, 5) is 23.0. The van der Waals surface area contributed by atoms with Gasteiger partial charge in [-0.25, -0.2) is 9.18 Å². The molecule has 0 saturated heterocycles. The Morgan fingerprint density at radius 1 is 1.10 bits per heavy atom. The molecule has 0 aliphatic carbocycles. The predicted molar refractivity (Wildman–Crippen MR) is 74.4 cm³/mol. The van der Waals surface area contributed by atoms with Crippen molar-refractivity contribution in [2.75, 3.05) is 5.32 Å². The molecule has 21 heavy (non-hydrogen) atoms. The number of phenolic OH excluding ortho intramolecular Hbond substituents is 1. The number of hydrogen-bond donors (Lipinski definition) is 3. The van der Waals surface area contributed by atoms with E-state index in [4.69, 9.17) is 16.7 Å². The van der Waals surface area contributed by atoms with Crippen LogP contribution in [-0.4, -0.2) is 22.1 Å². The number of anilines is 1. The maximum Gasteiger partial charge on any atom is 0.337 e. The lowest BCUT2D eigenvalue weighted by Gasteiger charge is -2.09. The molecule has 3 N–H and O–H groups in total. The van der Waals surface area contributed by atoms with Gasteiger partial charge in [0.1, 0.15) is 11.6 Å². The summed E-state index contributed by atoms with van der Waals surface area (Å²) in [5.74, 6) is -3.16. The smallest absolute Gasteiger partial charge is 0.337 e. The van der Waals surface area contributed by atoms with Crippen LogP contribution in [0.2, 0.25) is 5.02 Å². The molecule has 108 valence electrons. The molecule has 2 aromatic rings. The minimum atomic E-state index is -1.31. The summed E-state index contributed by atoms with van der Waals surface area (Å²) in [5.41, 5.74) is -0.583. The number of carboxylic acids is 1. The summed E-state index contributed by atoms with van der Waals surface area (Å²) in [7, 11) is 0. The first-order valence-corrected chi connectivity index (χ1v) is 6.09. The van der Waals surface area contributed by atoms with Crippen LogP contribution >= 0.6 is 11.6 Å². The highest BCUT2D eigenvalue weighted by Gasteiger charge is 2.16. The first-order valence-electron chi connectivity index (χ1n) is 5.71. The van der Waals surface area contributed by atoms with Crippen LogP contribution in [0.1, 0.15) is 20.7 Å². The Balaban J connectivity index is 2.35. The number of halogens is 2. The quantitative estimate of drug-likeness (QED) is 0.813. The largest absolute Gasteiger partial charge is 0.507 e. The number of nitrogens with one attached hydrogen (secondary N) is 1. The molecule has 0 saturated carbocycles. The molecule has 1 amide bonds. The van der Waals surface area contributed by atoms with Gasteiger partial charge in [-0.2, -0.15) is 0 Å². The molecule has 0 radical (unpaired) electrons. The highest BCUT2D eigenvalue weighted by Crippen LogP contribution is 2.24. The van der Waals surface area contributed by atoms with Gasteiger partial charge in [-0.3, -0.25) is 4.79 Å². The number of aromatic hydroxyl groups is 1. The Hall–Kier alpha value is -2.60. The summed E-state index contributed by atoms with van der Waals surface area (Å²) in [6, 6.07) is 6.72. The van der Waals surface area contributed by atoms with Crippen LogP contribution in [-0.2, 0) is 0 Å². The lowest BCUT2D eigenvalue weighted by atomic mass is 10.1. The highest BCUT2D eigenvalue weighted by molar-refractivity contribution is 6.31. The second-order valence-corrected chi connectivity index (χ2v) is 4.55. The van der Waals surface area contributed by atoms with Crippen molar-refractivity contribution in [1.82, 2.24) is 0 Å². The normalized spacial score (nSPS) is 10.2. The maximum absolute atomic E-state index is 13.2. The van der Waals surface area contributed by atoms with Gasteiger partial charge in [0.15, 0.2) is 0 Å². The molecule has 0 aromatic heterocycles. The molecule has 0 bridgehead atoms. The molecule has 5 nitrogen and oxygen atoms in total. The highest BCUT2D eigenvalue weighted by atomic mass is 35.5. The van der Waals surface area contributed by atoms with Gasteiger partial charge in [0.2, 0.25) is 0 Å². The maximum atomic E-state index is 13.2. The van der Waals surface area contributed by atoms with Crippen LogP contribution in [0, 0.1) is 5.82 Å². The third-order valence-electron chi connectivity index (χ3n) is 2.66. The van der Waals surface area contributed by atoms with Crippen LogP contribution in [0.15, 0.2) is 36.4 Å². The molecule has 0 atom stereocenters. The van der Waals surface area contributed by atoms with E-state index in [0.29, 0.717) is 0 Å². The van der Waals surface area contributed by atoms with E-state index in [2.05, 4.69) is 5.32 Å². The SMILES string of the molecule is O=C(Nc1cc(F)ccc1C(=O)O)c1ccc(Cl)cc1O. The summed E-state index contributed by atoms with van der Waals surface area (Å²) < 4.78 is 13.2. The van der Waals surface area contributed by atoms with Gasteiger partial charge < -0.3 is 15.5 Å². The van der Waals surface area contributed by atoms with Crippen molar-refractivity contribution in [1.29, 1.82) is 0 Å². The average Bonchev–Trinajstić information content (AvgIpc) is 2.37. The minimum Gasteiger partial charge on any atom is -0.507 e. The van der Waals surface area contributed by atoms with E-state index in [1.807, 2.05) is 0 Å². The Morgan fingerprint density at radius 2 is 1.76 bits per heavy atom. The monoisotopic (exact) mass is 309 g/mol. The third kappa shape index (κ3) is 3.29. The Bertz CT molecular complexity index is 733. The van der Waals surface area contributed by atoms with Gasteiger partial charge in [0.05, 0.1) is 16.8 Å². The number of amides is 1. The first kappa shape index (κ1) is 14.8. The van der Waals surface area contributed by atoms with Crippen LogP contribution < -0.4 is 5.32 Å². The number of carbonyl (C=O) groups is 2. The van der Waals surface area contributed by atoms with E-state index in [0.717, 1.165) is 18.2 Å². The number of rotatable bonds is 3. The van der Waals surface area contributed by atoms with E-state index < -0.39 is 17.7 Å². The molecule has 0 heterocycles. The second-order valence-electron chi connectivity index (χ2n) is 4.11. The van der Waals surface area contributed by atoms with Gasteiger partial charge in [-0.05, 0) is 36.4 Å². The van der Waals surface area contributed by atoms with Gasteiger partial charge in [0, 0.05) is 5.02 Å². The van der Waals surface area contributed by atoms with E-state index >= 15 is 0 Å². The predicted octanol–water partition coefficient (Wildman–Crippen LogP) is 3.14. The molecule has 0 fully saturated rings. The molecule has 2 aromatic carbocycles. The topological polar surface area (TPSA) is 86.6 Å². The first-order chi connectivity index (χ1) is 9.88. The van der Waals surface area contributed by atoms with E-state index in [9.17, 15) is 19.1 Å². The van der Waals surface area contributed by atoms with Crippen LogP contribution in [0.4, 0.5) is 10.1 Å². The fourth-order valence-electron chi connectivity index (χ4n) is 1.69. The molecular weight excluding hydrogens is 301 g/mol. The fraction of sp³-hybridized carbons (Fsp3) is 0. The lowest BCUT2D eigenvalue weighted by Crippen LogP contribution is -2.15. The van der Waals surface area contributed by atoms with Gasteiger partial charge >= 0.3 is 5.97 Å². The van der Waals surface area contributed by atoms with Crippen LogP contribution in [0.3, 0.4) is 0 Å². The summed E-state index contributed by atoms with van der Waals surface area (Å²) in [6.45, 7) is 0. The van der Waals surface area contributed by atoms with Crippen molar-refractivity contribution in [2.45, 2.75) is 0 Å². The average molecular weight is 310 g/mol. The number of hydrogen-bond acceptors (Lipinski definition) is 3. The van der Waals surface area contributed by atoms with Gasteiger partial charge in [-0.1, -0.05) is 11.6 Å². The number of aromatic carboxylic acids is 1. The van der Waals surface area contributed by atoms with E-state index in [1.54, 1.807) is 0 Å². The van der Waals surface area contributed by atoms with Crippen molar-refractivity contribution in [2.24, 2.45) is 0 Å². The summed E-state index contributed by atoms with van der Waals surface area (Å²) >= 11 is 5.65. The number of carbonyl (C=O) groups excluding carboxylic acids is 1. The standard InChI is InChI=1S/C14H9ClFNO4/c15-7-1-3-10(12(18)5-7)13(19)17-11-6-8(16)2-4-9(11)14(20)21/h1-6,18H,(H,17,19)(H,20,21). The van der Waals surface area contributed by atoms with Crippen molar-refractivity contribution < 1.29 is 24.2 Å². The van der Waals surface area contributed by atoms with Crippen LogP contribution in [0.5, 0.6) is 5.75 Å². The molecule has 2 rings (SSSR count). The fourth-order valence-corrected chi connectivity index (χ4v) is 1.86. The molecule has 0 spiro atoms. The molecular formula is C14H9ClFNO4. The Labute approximate surface area is 123 Å². The molecule has 0 aliphatic rings. The number of phenols is 1. The summed E-state index contributed by atoms with van der Waals surface area (Å²) in [5, 5.41) is 21.1. The van der Waals surface area contributed by atoms with Gasteiger partial charge in [0.25, 0.3) is 5.91 Å². The second kappa shape index (κ2) is 5.80. The molecule has 0 unspecified atom stereocenters. The van der Waals surface area contributed by atoms with Crippen LogP contribution in [0.25, 0.3) is 0 Å². The van der Waals surface area contributed by atoms with Crippen molar-refractivity contribution in [3.63, 3.8) is 0 Å². The molecule has 7 heteroatoms. The number of carboxylic acid groups (broad SMARTS) is 1. The zero-order valence-electron chi connectivity index (χ0n) is 10.4. The zero-order chi connectivity index (χ0) is 15.6.